The van der Waals surface area contributed by atoms with Crippen LogP contribution in [0.5, 0.6) is 0 Å². The van der Waals surface area contributed by atoms with Crippen LogP contribution in [0.25, 0.3) is 10.8 Å². The second-order valence-corrected chi connectivity index (χ2v) is 10.8. The fraction of sp³-hybridized carbons (Fsp3) is 0.387. The molecule has 0 aliphatic heterocycles. The lowest BCUT2D eigenvalue weighted by atomic mass is 9.96. The number of anilines is 1. The molecule has 3 amide bonds. The Kier molecular flexibility index (Phi) is 9.15. The second-order valence-electron chi connectivity index (χ2n) is 10.8. The van der Waals surface area contributed by atoms with Gasteiger partial charge in [-0.1, -0.05) is 80.4 Å². The van der Waals surface area contributed by atoms with Gasteiger partial charge in [-0.25, -0.2) is 4.79 Å². The zero-order valence-corrected chi connectivity index (χ0v) is 23.4. The molecule has 3 atom stereocenters. The Morgan fingerprint density at radius 1 is 0.947 bits per heavy atom. The first kappa shape index (κ1) is 28.7. The van der Waals surface area contributed by atoms with Crippen molar-refractivity contribution in [3.05, 3.63) is 77.9 Å². The number of carbonyl (C=O) groups excluding carboxylic acids is 3. The topological polar surface area (TPSA) is 87.7 Å². The Bertz CT molecular complexity index is 1300. The van der Waals surface area contributed by atoms with Crippen molar-refractivity contribution in [1.82, 2.24) is 10.2 Å². The smallest absolute Gasteiger partial charge is 0.408 e. The highest BCUT2D eigenvalue weighted by Crippen LogP contribution is 2.26. The highest BCUT2D eigenvalue weighted by atomic mass is 16.6. The minimum absolute atomic E-state index is 0.181. The fourth-order valence-electron chi connectivity index (χ4n) is 4.33. The number of nitrogens with one attached hydrogen (secondary N) is 2. The Morgan fingerprint density at radius 2 is 1.63 bits per heavy atom. The summed E-state index contributed by atoms with van der Waals surface area (Å²) in [5, 5.41) is 7.81. The molecular formula is C31H39N3O4. The third-order valence-corrected chi connectivity index (χ3v) is 6.51. The van der Waals surface area contributed by atoms with Gasteiger partial charge in [0.25, 0.3) is 5.91 Å². The number of rotatable bonds is 8. The van der Waals surface area contributed by atoms with Gasteiger partial charge < -0.3 is 20.3 Å². The van der Waals surface area contributed by atoms with Gasteiger partial charge in [0, 0.05) is 12.7 Å². The van der Waals surface area contributed by atoms with Crippen LogP contribution in [-0.4, -0.2) is 41.5 Å². The van der Waals surface area contributed by atoms with E-state index >= 15 is 0 Å². The lowest BCUT2D eigenvalue weighted by Gasteiger charge is -2.33. The summed E-state index contributed by atoms with van der Waals surface area (Å²) >= 11 is 0. The van der Waals surface area contributed by atoms with Crippen molar-refractivity contribution in [2.45, 2.75) is 65.6 Å². The number of fused-ring (bicyclic) bond motifs is 1. The van der Waals surface area contributed by atoms with Gasteiger partial charge in [-0.3, -0.25) is 9.59 Å². The van der Waals surface area contributed by atoms with Crippen molar-refractivity contribution >= 4 is 34.4 Å². The summed E-state index contributed by atoms with van der Waals surface area (Å²) in [6.45, 7) is 11.1. The summed E-state index contributed by atoms with van der Waals surface area (Å²) in [5.41, 5.74) is 1.58. The summed E-state index contributed by atoms with van der Waals surface area (Å²) in [6.07, 6.45) is -0.0180. The number of carbonyl (C=O) groups is 3. The number of amides is 3. The molecular weight excluding hydrogens is 478 g/mol. The average molecular weight is 518 g/mol. The SMILES string of the molecule is CCC(C)C(NC(=O)OC(C)(C)C)C(=O)N(C)C(C(=O)Nc1ccc2ccccc2c1)c1cccc(C)c1. The minimum atomic E-state index is -0.916. The van der Waals surface area contributed by atoms with Gasteiger partial charge in [0.15, 0.2) is 0 Å². The quantitative estimate of drug-likeness (QED) is 0.371. The summed E-state index contributed by atoms with van der Waals surface area (Å²) in [7, 11) is 1.60. The standard InChI is InChI=1S/C31H39N3O4/c1-8-21(3)26(33-30(37)38-31(4,5)6)29(36)34(7)27(24-15-11-12-20(2)18-24)28(35)32-25-17-16-22-13-9-10-14-23(22)19-25/h9-19,21,26-27H,8H2,1-7H3,(H,32,35)(H,33,37). The minimum Gasteiger partial charge on any atom is -0.444 e. The highest BCUT2D eigenvalue weighted by Gasteiger charge is 2.36. The second kappa shape index (κ2) is 12.1. The fourth-order valence-corrected chi connectivity index (χ4v) is 4.33. The highest BCUT2D eigenvalue weighted by molar-refractivity contribution is 6.00. The number of ether oxygens (including phenoxy) is 1. The lowest BCUT2D eigenvalue weighted by molar-refractivity contribution is -0.140. The van der Waals surface area contributed by atoms with Crippen LogP contribution in [0, 0.1) is 12.8 Å². The van der Waals surface area contributed by atoms with E-state index in [9.17, 15) is 14.4 Å². The maximum Gasteiger partial charge on any atom is 0.408 e. The molecule has 3 aromatic rings. The third-order valence-electron chi connectivity index (χ3n) is 6.51. The molecule has 0 heterocycles. The van der Waals surface area contributed by atoms with Crippen molar-refractivity contribution in [2.24, 2.45) is 5.92 Å². The number of alkyl carbamates (subject to hydrolysis) is 1. The number of nitrogens with zero attached hydrogens (tertiary/aromatic N) is 1. The first-order chi connectivity index (χ1) is 17.9. The van der Waals surface area contributed by atoms with Crippen LogP contribution in [0.2, 0.25) is 0 Å². The molecule has 0 spiro atoms. The summed E-state index contributed by atoms with van der Waals surface area (Å²) in [6, 6.07) is 19.4. The molecule has 2 N–H and O–H groups in total. The molecule has 3 rings (SSSR count). The number of hydrogen-bond acceptors (Lipinski definition) is 4. The molecule has 38 heavy (non-hydrogen) atoms. The Morgan fingerprint density at radius 3 is 2.26 bits per heavy atom. The van der Waals surface area contributed by atoms with Gasteiger partial charge in [0.2, 0.25) is 5.91 Å². The van der Waals surface area contributed by atoms with Crippen molar-refractivity contribution in [3.8, 4) is 0 Å². The van der Waals surface area contributed by atoms with Crippen molar-refractivity contribution < 1.29 is 19.1 Å². The Balaban J connectivity index is 1.93. The molecule has 0 bridgehead atoms. The van der Waals surface area contributed by atoms with E-state index in [1.54, 1.807) is 27.8 Å². The van der Waals surface area contributed by atoms with E-state index in [2.05, 4.69) is 10.6 Å². The summed E-state index contributed by atoms with van der Waals surface area (Å²) in [4.78, 5) is 41.6. The first-order valence-electron chi connectivity index (χ1n) is 13.0. The van der Waals surface area contributed by atoms with Crippen LogP contribution in [0.15, 0.2) is 66.7 Å². The first-order valence-corrected chi connectivity index (χ1v) is 13.0. The van der Waals surface area contributed by atoms with E-state index in [0.29, 0.717) is 17.7 Å². The number of likely N-dealkylation sites (N-methyl/N-ethyl adjacent to an activating group) is 1. The van der Waals surface area contributed by atoms with Crippen molar-refractivity contribution in [2.75, 3.05) is 12.4 Å². The summed E-state index contributed by atoms with van der Waals surface area (Å²) < 4.78 is 5.42. The normalized spacial score (nSPS) is 13.8. The van der Waals surface area contributed by atoms with E-state index < -0.39 is 23.8 Å². The van der Waals surface area contributed by atoms with E-state index in [0.717, 1.165) is 16.3 Å². The van der Waals surface area contributed by atoms with E-state index in [1.165, 1.54) is 4.90 Å². The zero-order chi connectivity index (χ0) is 28.0. The molecule has 0 saturated carbocycles. The maximum absolute atomic E-state index is 13.9. The predicted octanol–water partition coefficient (Wildman–Crippen LogP) is 6.23. The average Bonchev–Trinajstić information content (AvgIpc) is 2.85. The van der Waals surface area contributed by atoms with Crippen LogP contribution >= 0.6 is 0 Å². The van der Waals surface area contributed by atoms with Crippen molar-refractivity contribution in [3.63, 3.8) is 0 Å². The molecule has 7 nitrogen and oxygen atoms in total. The molecule has 7 heteroatoms. The molecule has 0 aliphatic rings. The van der Waals surface area contributed by atoms with Crippen LogP contribution in [-0.2, 0) is 14.3 Å². The van der Waals surface area contributed by atoms with Gasteiger partial charge in [0.05, 0.1) is 0 Å². The molecule has 0 saturated heterocycles. The zero-order valence-electron chi connectivity index (χ0n) is 23.4. The molecule has 3 unspecified atom stereocenters. The van der Waals surface area contributed by atoms with E-state index in [1.807, 2.05) is 87.5 Å². The van der Waals surface area contributed by atoms with E-state index in [-0.39, 0.29) is 17.7 Å². The van der Waals surface area contributed by atoms with Gasteiger partial charge in [-0.2, -0.15) is 0 Å². The monoisotopic (exact) mass is 517 g/mol. The molecule has 0 aromatic heterocycles. The predicted molar refractivity (Wildman–Crippen MR) is 152 cm³/mol. The molecule has 0 radical (unpaired) electrons. The van der Waals surface area contributed by atoms with Crippen LogP contribution in [0.4, 0.5) is 10.5 Å². The van der Waals surface area contributed by atoms with Crippen molar-refractivity contribution in [1.29, 1.82) is 0 Å². The van der Waals surface area contributed by atoms with Gasteiger partial charge in [-0.05, 0) is 62.1 Å². The Labute approximate surface area is 225 Å². The largest absolute Gasteiger partial charge is 0.444 e. The molecule has 0 aliphatic carbocycles. The summed E-state index contributed by atoms with van der Waals surface area (Å²) in [5.74, 6) is -0.897. The number of hydrogen-bond donors (Lipinski definition) is 2. The van der Waals surface area contributed by atoms with Crippen LogP contribution in [0.1, 0.15) is 58.2 Å². The lowest BCUT2D eigenvalue weighted by Crippen LogP contribution is -2.53. The third kappa shape index (κ3) is 7.34. The number of aryl methyl sites for hydroxylation is 1. The maximum atomic E-state index is 13.9. The number of benzene rings is 3. The van der Waals surface area contributed by atoms with Gasteiger partial charge in [0.1, 0.15) is 17.7 Å². The van der Waals surface area contributed by atoms with Crippen LogP contribution < -0.4 is 10.6 Å². The molecule has 202 valence electrons. The molecule has 0 fully saturated rings. The van der Waals surface area contributed by atoms with E-state index in [4.69, 9.17) is 4.74 Å². The van der Waals surface area contributed by atoms with Crippen LogP contribution in [0.3, 0.4) is 0 Å². The Hall–Kier alpha value is -3.87. The van der Waals surface area contributed by atoms with Gasteiger partial charge >= 0.3 is 6.09 Å². The van der Waals surface area contributed by atoms with Gasteiger partial charge in [-0.15, -0.1) is 0 Å². The molecule has 3 aromatic carbocycles.